The van der Waals surface area contributed by atoms with E-state index in [1.165, 1.54) is 0 Å². The maximum atomic E-state index is 12.4. The van der Waals surface area contributed by atoms with Gasteiger partial charge in [0, 0.05) is 5.69 Å². The number of ether oxygens (including phenoxy) is 1. The van der Waals surface area contributed by atoms with E-state index in [9.17, 15) is 9.59 Å². The van der Waals surface area contributed by atoms with Crippen LogP contribution in [0.5, 0.6) is 0 Å². The third-order valence-corrected chi connectivity index (χ3v) is 4.13. The Bertz CT molecular complexity index is 973. The summed E-state index contributed by atoms with van der Waals surface area (Å²) in [4.78, 5) is 28.2. The number of benzene rings is 2. The Balaban J connectivity index is 1.63. The van der Waals surface area contributed by atoms with Gasteiger partial charge in [0.25, 0.3) is 5.91 Å². The highest BCUT2D eigenvalue weighted by Crippen LogP contribution is 2.24. The minimum Gasteiger partial charge on any atom is -0.462 e. The highest BCUT2D eigenvalue weighted by molar-refractivity contribution is 6.33. The fourth-order valence-corrected chi connectivity index (χ4v) is 2.60. The van der Waals surface area contributed by atoms with Gasteiger partial charge in [-0.25, -0.2) is 9.78 Å². The number of carbonyl (C=O) groups is 2. The van der Waals surface area contributed by atoms with Gasteiger partial charge >= 0.3 is 5.97 Å². The Labute approximate surface area is 167 Å². The summed E-state index contributed by atoms with van der Waals surface area (Å²) in [6.07, 6.45) is 1.56. The second-order valence-corrected chi connectivity index (χ2v) is 6.20. The first-order valence-electron chi connectivity index (χ1n) is 8.63. The van der Waals surface area contributed by atoms with E-state index in [0.717, 1.165) is 5.69 Å². The molecular formula is C21H18ClN3O3. The maximum absolute atomic E-state index is 12.4. The Hall–Kier alpha value is -3.38. The van der Waals surface area contributed by atoms with Crippen LogP contribution in [0.15, 0.2) is 66.9 Å². The number of amides is 1. The monoisotopic (exact) mass is 395 g/mol. The Morgan fingerprint density at radius 1 is 1.00 bits per heavy atom. The third-order valence-electron chi connectivity index (χ3n) is 3.80. The van der Waals surface area contributed by atoms with Gasteiger partial charge in [-0.15, -0.1) is 0 Å². The van der Waals surface area contributed by atoms with E-state index < -0.39 is 5.97 Å². The number of esters is 1. The molecule has 0 saturated carbocycles. The van der Waals surface area contributed by atoms with Crippen LogP contribution in [0.25, 0.3) is 0 Å². The predicted octanol–water partition coefficient (Wildman–Crippen LogP) is 4.91. The molecule has 28 heavy (non-hydrogen) atoms. The van der Waals surface area contributed by atoms with Gasteiger partial charge in [0.2, 0.25) is 0 Å². The number of para-hydroxylation sites is 1. The summed E-state index contributed by atoms with van der Waals surface area (Å²) < 4.78 is 4.93. The van der Waals surface area contributed by atoms with Gasteiger partial charge in [-0.3, -0.25) is 4.79 Å². The molecule has 0 unspecified atom stereocenters. The molecule has 1 heterocycles. The molecule has 3 rings (SSSR count). The molecule has 1 aromatic heterocycles. The van der Waals surface area contributed by atoms with Crippen molar-refractivity contribution in [1.29, 1.82) is 0 Å². The SMILES string of the molecule is CCOC(=O)c1ccc(NC(=O)c2ccc(Nc3ccccc3Cl)cn2)cc1. The van der Waals surface area contributed by atoms with Gasteiger partial charge in [-0.1, -0.05) is 23.7 Å². The normalized spacial score (nSPS) is 10.2. The van der Waals surface area contributed by atoms with E-state index in [0.29, 0.717) is 28.6 Å². The number of carbonyl (C=O) groups excluding carboxylic acids is 2. The summed E-state index contributed by atoms with van der Waals surface area (Å²) in [7, 11) is 0. The van der Waals surface area contributed by atoms with Crippen molar-refractivity contribution in [1.82, 2.24) is 4.98 Å². The lowest BCUT2D eigenvalue weighted by Gasteiger charge is -2.09. The average molecular weight is 396 g/mol. The zero-order valence-electron chi connectivity index (χ0n) is 15.1. The van der Waals surface area contributed by atoms with Crippen LogP contribution in [0.2, 0.25) is 5.02 Å². The average Bonchev–Trinajstić information content (AvgIpc) is 2.71. The molecule has 0 bridgehead atoms. The predicted molar refractivity (Wildman–Crippen MR) is 109 cm³/mol. The van der Waals surface area contributed by atoms with Gasteiger partial charge in [0.1, 0.15) is 5.69 Å². The van der Waals surface area contributed by atoms with Gasteiger partial charge < -0.3 is 15.4 Å². The van der Waals surface area contributed by atoms with E-state index in [2.05, 4.69) is 15.6 Å². The van der Waals surface area contributed by atoms with E-state index in [-0.39, 0.29) is 11.6 Å². The van der Waals surface area contributed by atoms with E-state index in [1.807, 2.05) is 18.2 Å². The van der Waals surface area contributed by atoms with Crippen molar-refractivity contribution in [3.63, 3.8) is 0 Å². The summed E-state index contributed by atoms with van der Waals surface area (Å²) in [5.74, 6) is -0.753. The third kappa shape index (κ3) is 4.86. The number of hydrogen-bond acceptors (Lipinski definition) is 5. The fourth-order valence-electron chi connectivity index (χ4n) is 2.42. The van der Waals surface area contributed by atoms with Crippen LogP contribution < -0.4 is 10.6 Å². The van der Waals surface area contributed by atoms with Crippen molar-refractivity contribution < 1.29 is 14.3 Å². The van der Waals surface area contributed by atoms with Crippen LogP contribution in [0, 0.1) is 0 Å². The van der Waals surface area contributed by atoms with Crippen LogP contribution in [0.3, 0.4) is 0 Å². The molecular weight excluding hydrogens is 378 g/mol. The smallest absolute Gasteiger partial charge is 0.338 e. The molecule has 0 aliphatic heterocycles. The maximum Gasteiger partial charge on any atom is 0.338 e. The van der Waals surface area contributed by atoms with Crippen molar-refractivity contribution in [2.45, 2.75) is 6.92 Å². The van der Waals surface area contributed by atoms with Crippen LogP contribution in [-0.4, -0.2) is 23.5 Å². The molecule has 2 aromatic carbocycles. The molecule has 142 valence electrons. The molecule has 6 nitrogen and oxygen atoms in total. The van der Waals surface area contributed by atoms with Gasteiger partial charge in [0.05, 0.1) is 34.8 Å². The number of aromatic nitrogens is 1. The first kappa shape index (κ1) is 19.4. The summed E-state index contributed by atoms with van der Waals surface area (Å²) >= 11 is 6.12. The molecule has 0 radical (unpaired) electrons. The number of nitrogens with zero attached hydrogens (tertiary/aromatic N) is 1. The molecule has 2 N–H and O–H groups in total. The summed E-state index contributed by atoms with van der Waals surface area (Å²) in [6.45, 7) is 2.05. The van der Waals surface area contributed by atoms with Crippen LogP contribution >= 0.6 is 11.6 Å². The molecule has 7 heteroatoms. The zero-order chi connectivity index (χ0) is 19.9. The number of halogens is 1. The topological polar surface area (TPSA) is 80.3 Å². The van der Waals surface area contributed by atoms with Crippen LogP contribution in [-0.2, 0) is 4.74 Å². The highest BCUT2D eigenvalue weighted by atomic mass is 35.5. The minimum absolute atomic E-state index is 0.263. The number of pyridine rings is 1. The second kappa shape index (κ2) is 9.01. The van der Waals surface area contributed by atoms with E-state index >= 15 is 0 Å². The first-order valence-corrected chi connectivity index (χ1v) is 9.00. The van der Waals surface area contributed by atoms with Crippen molar-refractivity contribution in [3.05, 3.63) is 83.1 Å². The lowest BCUT2D eigenvalue weighted by molar-refractivity contribution is 0.0526. The zero-order valence-corrected chi connectivity index (χ0v) is 15.9. The highest BCUT2D eigenvalue weighted by Gasteiger charge is 2.10. The quantitative estimate of drug-likeness (QED) is 0.580. The lowest BCUT2D eigenvalue weighted by atomic mass is 10.2. The molecule has 3 aromatic rings. The van der Waals surface area contributed by atoms with Crippen molar-refractivity contribution in [2.24, 2.45) is 0 Å². The molecule has 0 spiro atoms. The standard InChI is InChI=1S/C21H18ClN3O3/c1-2-28-21(27)14-7-9-15(10-8-14)25-20(26)19-12-11-16(13-23-19)24-18-6-4-3-5-17(18)22/h3-13,24H,2H2,1H3,(H,25,26). The van der Waals surface area contributed by atoms with E-state index in [1.54, 1.807) is 55.6 Å². The first-order chi connectivity index (χ1) is 13.6. The van der Waals surface area contributed by atoms with E-state index in [4.69, 9.17) is 16.3 Å². The lowest BCUT2D eigenvalue weighted by Crippen LogP contribution is -2.14. The molecule has 0 aliphatic rings. The summed E-state index contributed by atoms with van der Waals surface area (Å²) in [6, 6.07) is 17.2. The fraction of sp³-hybridized carbons (Fsp3) is 0.0952. The number of rotatable bonds is 6. The van der Waals surface area contributed by atoms with Crippen molar-refractivity contribution >= 4 is 40.5 Å². The molecule has 0 aliphatic carbocycles. The number of hydrogen-bond donors (Lipinski definition) is 2. The van der Waals surface area contributed by atoms with Crippen molar-refractivity contribution in [2.75, 3.05) is 17.2 Å². The van der Waals surface area contributed by atoms with Gasteiger partial charge in [-0.05, 0) is 55.5 Å². The summed E-state index contributed by atoms with van der Waals surface area (Å²) in [5, 5.41) is 6.48. The molecule has 0 saturated heterocycles. The van der Waals surface area contributed by atoms with Crippen molar-refractivity contribution in [3.8, 4) is 0 Å². The van der Waals surface area contributed by atoms with Crippen LogP contribution in [0.1, 0.15) is 27.8 Å². The molecule has 1 amide bonds. The minimum atomic E-state index is -0.399. The van der Waals surface area contributed by atoms with Gasteiger partial charge in [-0.2, -0.15) is 0 Å². The largest absolute Gasteiger partial charge is 0.462 e. The second-order valence-electron chi connectivity index (χ2n) is 5.79. The molecule has 0 fully saturated rings. The number of nitrogens with one attached hydrogen (secondary N) is 2. The van der Waals surface area contributed by atoms with Gasteiger partial charge in [0.15, 0.2) is 0 Å². The Kier molecular flexibility index (Phi) is 6.24. The molecule has 0 atom stereocenters. The number of anilines is 3. The summed E-state index contributed by atoms with van der Waals surface area (Å²) in [5.41, 5.74) is 2.71. The van der Waals surface area contributed by atoms with Crippen LogP contribution in [0.4, 0.5) is 17.1 Å². The Morgan fingerprint density at radius 2 is 1.71 bits per heavy atom. The Morgan fingerprint density at radius 3 is 2.36 bits per heavy atom.